The Morgan fingerprint density at radius 3 is 2.68 bits per heavy atom. The molecular formula is C19H17ClN4O3S. The van der Waals surface area contributed by atoms with Crippen LogP contribution >= 0.6 is 11.6 Å². The number of halogens is 1. The molecule has 3 aromatic rings. The molecule has 2 N–H and O–H groups in total. The molecule has 0 saturated heterocycles. The minimum absolute atomic E-state index is 0.406. The summed E-state index contributed by atoms with van der Waals surface area (Å²) in [4.78, 5) is 8.65. The third kappa shape index (κ3) is 3.88. The number of anilines is 2. The van der Waals surface area contributed by atoms with Crippen LogP contribution in [0.15, 0.2) is 48.9 Å². The molecule has 7 nitrogen and oxygen atoms in total. The Morgan fingerprint density at radius 2 is 1.93 bits per heavy atom. The molecule has 9 heteroatoms. The van der Waals surface area contributed by atoms with Gasteiger partial charge in [0.15, 0.2) is 11.6 Å². The molecule has 2 aromatic heterocycles. The van der Waals surface area contributed by atoms with E-state index in [1.165, 1.54) is 0 Å². The van der Waals surface area contributed by atoms with Crippen molar-refractivity contribution in [2.75, 3.05) is 29.4 Å². The van der Waals surface area contributed by atoms with Crippen LogP contribution in [0.2, 0.25) is 5.02 Å². The van der Waals surface area contributed by atoms with Crippen LogP contribution in [0.5, 0.6) is 5.75 Å². The summed E-state index contributed by atoms with van der Waals surface area (Å²) in [5, 5.41) is 3.64. The van der Waals surface area contributed by atoms with Crippen molar-refractivity contribution in [3.05, 3.63) is 53.9 Å². The highest BCUT2D eigenvalue weighted by molar-refractivity contribution is 7.92. The summed E-state index contributed by atoms with van der Waals surface area (Å²) in [6.07, 6.45) is 6.28. The summed E-state index contributed by atoms with van der Waals surface area (Å²) in [6.45, 7) is 1.28. The van der Waals surface area contributed by atoms with Crippen molar-refractivity contribution in [1.82, 2.24) is 9.97 Å². The fourth-order valence-electron chi connectivity index (χ4n) is 3.03. The molecule has 1 aromatic carbocycles. The second-order valence-electron chi connectivity index (χ2n) is 6.34. The smallest absolute Gasteiger partial charge is 0.229 e. The van der Waals surface area contributed by atoms with E-state index in [9.17, 15) is 8.42 Å². The van der Waals surface area contributed by atoms with Crippen LogP contribution in [0.1, 0.15) is 0 Å². The van der Waals surface area contributed by atoms with E-state index in [1.807, 2.05) is 12.1 Å². The number of rotatable bonds is 4. The number of nitrogens with one attached hydrogen (secondary N) is 2. The number of hydrogen-bond acceptors (Lipinski definition) is 6. The van der Waals surface area contributed by atoms with Gasteiger partial charge in [-0.3, -0.25) is 9.71 Å². The van der Waals surface area contributed by atoms with Gasteiger partial charge in [0, 0.05) is 46.5 Å². The standard InChI is InChI=1S/C19H17ClN4O3S/c1-28(25,26)24-14-2-3-15(17(20)9-14)12-8-13(11-21-10-12)16-4-5-22-19-18(16)27-7-6-23-19/h2-5,8-11,24H,6-7H2,1H3,(H,22,23). The van der Waals surface area contributed by atoms with Gasteiger partial charge >= 0.3 is 0 Å². The van der Waals surface area contributed by atoms with Crippen molar-refractivity contribution in [2.45, 2.75) is 0 Å². The van der Waals surface area contributed by atoms with Crippen LogP contribution in [0.3, 0.4) is 0 Å². The van der Waals surface area contributed by atoms with Gasteiger partial charge in [0.2, 0.25) is 10.0 Å². The highest BCUT2D eigenvalue weighted by Gasteiger charge is 2.17. The zero-order valence-corrected chi connectivity index (χ0v) is 16.5. The maximum Gasteiger partial charge on any atom is 0.229 e. The van der Waals surface area contributed by atoms with Gasteiger partial charge in [-0.05, 0) is 24.3 Å². The largest absolute Gasteiger partial charge is 0.487 e. The lowest BCUT2D eigenvalue weighted by Crippen LogP contribution is -2.19. The van der Waals surface area contributed by atoms with Crippen LogP contribution in [-0.2, 0) is 10.0 Å². The first-order chi connectivity index (χ1) is 13.4. The predicted octanol–water partition coefficient (Wildman–Crippen LogP) is 3.64. The Balaban J connectivity index is 1.72. The van der Waals surface area contributed by atoms with Gasteiger partial charge in [0.25, 0.3) is 0 Å². The number of nitrogens with zero attached hydrogens (tertiary/aromatic N) is 2. The maximum absolute atomic E-state index is 11.4. The first kappa shape index (κ1) is 18.5. The summed E-state index contributed by atoms with van der Waals surface area (Å²) < 4.78 is 31.0. The number of fused-ring (bicyclic) bond motifs is 1. The average molecular weight is 417 g/mol. The summed E-state index contributed by atoms with van der Waals surface area (Å²) in [6, 6.07) is 8.84. The molecule has 0 bridgehead atoms. The molecule has 0 radical (unpaired) electrons. The molecule has 144 valence electrons. The summed E-state index contributed by atoms with van der Waals surface area (Å²) in [5.74, 6) is 1.41. The molecule has 0 spiro atoms. The molecule has 0 amide bonds. The molecule has 4 rings (SSSR count). The minimum Gasteiger partial charge on any atom is -0.487 e. The van der Waals surface area contributed by atoms with Crippen LogP contribution in [0.25, 0.3) is 22.3 Å². The molecule has 0 saturated carbocycles. The lowest BCUT2D eigenvalue weighted by molar-refractivity contribution is 0.323. The van der Waals surface area contributed by atoms with Gasteiger partial charge in [-0.1, -0.05) is 17.7 Å². The number of pyridine rings is 2. The fourth-order valence-corrected chi connectivity index (χ4v) is 3.88. The summed E-state index contributed by atoms with van der Waals surface area (Å²) in [7, 11) is -3.37. The van der Waals surface area contributed by atoms with Crippen LogP contribution in [0.4, 0.5) is 11.5 Å². The molecule has 28 heavy (non-hydrogen) atoms. The van der Waals surface area contributed by atoms with E-state index >= 15 is 0 Å². The van der Waals surface area contributed by atoms with E-state index in [2.05, 4.69) is 20.0 Å². The molecule has 3 heterocycles. The number of aromatic nitrogens is 2. The first-order valence-corrected chi connectivity index (χ1v) is 10.8. The van der Waals surface area contributed by atoms with Gasteiger partial charge in [-0.2, -0.15) is 0 Å². The maximum atomic E-state index is 11.4. The zero-order chi connectivity index (χ0) is 19.7. The monoisotopic (exact) mass is 416 g/mol. The molecule has 1 aliphatic rings. The van der Waals surface area contributed by atoms with Crippen LogP contribution in [-0.4, -0.2) is 37.8 Å². The summed E-state index contributed by atoms with van der Waals surface area (Å²) in [5.41, 5.74) is 3.72. The van der Waals surface area contributed by atoms with E-state index in [4.69, 9.17) is 16.3 Å². The lowest BCUT2D eigenvalue weighted by atomic mass is 10.0. The van der Waals surface area contributed by atoms with Crippen LogP contribution < -0.4 is 14.8 Å². The highest BCUT2D eigenvalue weighted by atomic mass is 35.5. The van der Waals surface area contributed by atoms with E-state index in [1.54, 1.807) is 36.8 Å². The molecule has 0 unspecified atom stereocenters. The molecule has 1 aliphatic heterocycles. The van der Waals surface area contributed by atoms with Crippen molar-refractivity contribution in [3.63, 3.8) is 0 Å². The van der Waals surface area contributed by atoms with E-state index in [-0.39, 0.29) is 0 Å². The second-order valence-corrected chi connectivity index (χ2v) is 8.50. The van der Waals surface area contributed by atoms with Gasteiger partial charge in [0.1, 0.15) is 6.61 Å². The third-order valence-corrected chi connectivity index (χ3v) is 5.10. The Kier molecular flexibility index (Phi) is 4.82. The topological polar surface area (TPSA) is 93.2 Å². The normalized spacial score (nSPS) is 13.2. The molecule has 0 atom stereocenters. The number of sulfonamides is 1. The average Bonchev–Trinajstić information content (AvgIpc) is 2.66. The Morgan fingerprint density at radius 1 is 1.14 bits per heavy atom. The van der Waals surface area contributed by atoms with Gasteiger partial charge in [-0.25, -0.2) is 13.4 Å². The third-order valence-electron chi connectivity index (χ3n) is 4.18. The second kappa shape index (κ2) is 7.29. The van der Waals surface area contributed by atoms with Crippen molar-refractivity contribution in [1.29, 1.82) is 0 Å². The lowest BCUT2D eigenvalue weighted by Gasteiger charge is -2.20. The molecule has 0 aliphatic carbocycles. The van der Waals surface area contributed by atoms with Crippen molar-refractivity contribution >= 4 is 33.1 Å². The first-order valence-electron chi connectivity index (χ1n) is 8.49. The molecule has 0 fully saturated rings. The van der Waals surface area contributed by atoms with Gasteiger partial charge < -0.3 is 10.1 Å². The Bertz CT molecular complexity index is 1150. The fraction of sp³-hybridized carbons (Fsp3) is 0.158. The SMILES string of the molecule is CS(=O)(=O)Nc1ccc(-c2cncc(-c3ccnc4c3OCCN4)c2)c(Cl)c1. The minimum atomic E-state index is -3.37. The number of benzene rings is 1. The number of ether oxygens (including phenoxy) is 1. The Labute approximate surface area is 167 Å². The van der Waals surface area contributed by atoms with Crippen molar-refractivity contribution in [2.24, 2.45) is 0 Å². The zero-order valence-electron chi connectivity index (χ0n) is 14.9. The highest BCUT2D eigenvalue weighted by Crippen LogP contribution is 2.38. The van der Waals surface area contributed by atoms with Gasteiger partial charge in [0.05, 0.1) is 17.8 Å². The summed E-state index contributed by atoms with van der Waals surface area (Å²) >= 11 is 6.40. The van der Waals surface area contributed by atoms with Crippen molar-refractivity contribution in [3.8, 4) is 28.0 Å². The van der Waals surface area contributed by atoms with Gasteiger partial charge in [-0.15, -0.1) is 0 Å². The molecular weight excluding hydrogens is 400 g/mol. The Hall–Kier alpha value is -2.84. The van der Waals surface area contributed by atoms with E-state index in [0.717, 1.165) is 28.5 Å². The van der Waals surface area contributed by atoms with E-state index < -0.39 is 10.0 Å². The van der Waals surface area contributed by atoms with E-state index in [0.29, 0.717) is 35.4 Å². The van der Waals surface area contributed by atoms with Crippen molar-refractivity contribution < 1.29 is 13.2 Å². The quantitative estimate of drug-likeness (QED) is 0.674. The number of hydrogen-bond donors (Lipinski definition) is 2. The predicted molar refractivity (Wildman–Crippen MR) is 110 cm³/mol. The van der Waals surface area contributed by atoms with Crippen LogP contribution in [0, 0.1) is 0 Å².